The molecular weight excluding hydrogens is 336 g/mol. The number of halogens is 2. The number of rotatable bonds is 2. The fourth-order valence-electron chi connectivity index (χ4n) is 1.50. The van der Waals surface area contributed by atoms with Gasteiger partial charge in [-0.2, -0.15) is 0 Å². The summed E-state index contributed by atoms with van der Waals surface area (Å²) in [6, 6.07) is 7.58. The standard InChI is InChI=1S/C12H10Br2O2/c1-7-2-3-8(10(14)6-7)11(15)12-9(13)4-5-16-12/h2-6,11,15H,1H3. The van der Waals surface area contributed by atoms with Crippen molar-refractivity contribution in [1.82, 2.24) is 0 Å². The maximum Gasteiger partial charge on any atom is 0.150 e. The molecule has 2 aromatic rings. The third-order valence-electron chi connectivity index (χ3n) is 2.34. The molecule has 0 saturated heterocycles. The van der Waals surface area contributed by atoms with Gasteiger partial charge < -0.3 is 9.52 Å². The molecule has 1 N–H and O–H groups in total. The highest BCUT2D eigenvalue weighted by Crippen LogP contribution is 2.33. The van der Waals surface area contributed by atoms with E-state index in [0.717, 1.165) is 20.1 Å². The van der Waals surface area contributed by atoms with Gasteiger partial charge in [0.05, 0.1) is 10.7 Å². The first-order chi connectivity index (χ1) is 7.59. The van der Waals surface area contributed by atoms with Gasteiger partial charge in [0.25, 0.3) is 0 Å². The van der Waals surface area contributed by atoms with Gasteiger partial charge in [-0.15, -0.1) is 0 Å². The van der Waals surface area contributed by atoms with Crippen molar-refractivity contribution in [3.8, 4) is 0 Å². The van der Waals surface area contributed by atoms with Crippen LogP contribution in [0.15, 0.2) is 43.9 Å². The number of hydrogen-bond acceptors (Lipinski definition) is 2. The van der Waals surface area contributed by atoms with Gasteiger partial charge in [0.2, 0.25) is 0 Å². The summed E-state index contributed by atoms with van der Waals surface area (Å²) in [7, 11) is 0. The summed E-state index contributed by atoms with van der Waals surface area (Å²) < 4.78 is 6.90. The lowest BCUT2D eigenvalue weighted by molar-refractivity contribution is 0.187. The molecule has 0 fully saturated rings. The number of aryl methyl sites for hydroxylation is 1. The highest BCUT2D eigenvalue weighted by molar-refractivity contribution is 9.10. The van der Waals surface area contributed by atoms with E-state index in [0.29, 0.717) is 5.76 Å². The highest BCUT2D eigenvalue weighted by atomic mass is 79.9. The molecular formula is C12H10Br2O2. The van der Waals surface area contributed by atoms with Crippen LogP contribution in [0.25, 0.3) is 0 Å². The predicted octanol–water partition coefficient (Wildman–Crippen LogP) is 4.19. The summed E-state index contributed by atoms with van der Waals surface area (Å²) >= 11 is 6.78. The van der Waals surface area contributed by atoms with E-state index in [4.69, 9.17) is 4.42 Å². The summed E-state index contributed by atoms with van der Waals surface area (Å²) in [6.45, 7) is 2.00. The Bertz CT molecular complexity index is 505. The van der Waals surface area contributed by atoms with Crippen LogP contribution < -0.4 is 0 Å². The topological polar surface area (TPSA) is 33.4 Å². The summed E-state index contributed by atoms with van der Waals surface area (Å²) in [4.78, 5) is 0. The van der Waals surface area contributed by atoms with E-state index < -0.39 is 6.10 Å². The Morgan fingerprint density at radius 1 is 1.19 bits per heavy atom. The summed E-state index contributed by atoms with van der Waals surface area (Å²) in [5.41, 5.74) is 1.93. The van der Waals surface area contributed by atoms with Crippen LogP contribution in [0.3, 0.4) is 0 Å². The molecule has 0 aliphatic rings. The molecule has 0 amide bonds. The van der Waals surface area contributed by atoms with Crippen LogP contribution in [-0.2, 0) is 0 Å². The number of aliphatic hydroxyl groups is 1. The minimum absolute atomic E-state index is 0.518. The molecule has 1 atom stereocenters. The van der Waals surface area contributed by atoms with Gasteiger partial charge in [0.1, 0.15) is 6.10 Å². The molecule has 1 unspecified atom stereocenters. The molecule has 84 valence electrons. The molecule has 1 aromatic heterocycles. The molecule has 0 aliphatic heterocycles. The molecule has 4 heteroatoms. The van der Waals surface area contributed by atoms with Gasteiger partial charge in [0, 0.05) is 10.0 Å². The summed E-state index contributed by atoms with van der Waals surface area (Å²) in [5.74, 6) is 0.518. The second-order valence-electron chi connectivity index (χ2n) is 3.56. The van der Waals surface area contributed by atoms with E-state index in [9.17, 15) is 5.11 Å². The van der Waals surface area contributed by atoms with Gasteiger partial charge in [-0.3, -0.25) is 0 Å². The van der Waals surface area contributed by atoms with Crippen molar-refractivity contribution < 1.29 is 9.52 Å². The monoisotopic (exact) mass is 344 g/mol. The lowest BCUT2D eigenvalue weighted by Gasteiger charge is -2.11. The molecule has 2 rings (SSSR count). The van der Waals surface area contributed by atoms with Crippen LogP contribution in [0.1, 0.15) is 23.0 Å². The first-order valence-electron chi connectivity index (χ1n) is 4.76. The molecule has 2 nitrogen and oxygen atoms in total. The Hall–Kier alpha value is -0.580. The van der Waals surface area contributed by atoms with E-state index in [2.05, 4.69) is 31.9 Å². The van der Waals surface area contributed by atoms with Crippen molar-refractivity contribution in [3.05, 3.63) is 56.4 Å². The minimum atomic E-state index is -0.764. The molecule has 1 heterocycles. The Morgan fingerprint density at radius 2 is 1.94 bits per heavy atom. The van der Waals surface area contributed by atoms with E-state index in [1.54, 1.807) is 12.3 Å². The van der Waals surface area contributed by atoms with Crippen molar-refractivity contribution in [2.45, 2.75) is 13.0 Å². The van der Waals surface area contributed by atoms with Crippen molar-refractivity contribution >= 4 is 31.9 Å². The fraction of sp³-hybridized carbons (Fsp3) is 0.167. The molecule has 1 aromatic carbocycles. The summed E-state index contributed by atoms with van der Waals surface area (Å²) in [6.07, 6.45) is 0.782. The Kier molecular flexibility index (Phi) is 3.52. The zero-order chi connectivity index (χ0) is 11.7. The maximum atomic E-state index is 10.2. The van der Waals surface area contributed by atoms with E-state index in [1.165, 1.54) is 0 Å². The van der Waals surface area contributed by atoms with Crippen LogP contribution in [0.4, 0.5) is 0 Å². The normalized spacial score (nSPS) is 12.8. The maximum absolute atomic E-state index is 10.2. The smallest absolute Gasteiger partial charge is 0.150 e. The van der Waals surface area contributed by atoms with Crippen LogP contribution in [0.2, 0.25) is 0 Å². The van der Waals surface area contributed by atoms with E-state index in [1.807, 2.05) is 25.1 Å². The van der Waals surface area contributed by atoms with Crippen LogP contribution in [-0.4, -0.2) is 5.11 Å². The minimum Gasteiger partial charge on any atom is -0.465 e. The van der Waals surface area contributed by atoms with Gasteiger partial charge in [-0.05, 0) is 40.5 Å². The third kappa shape index (κ3) is 2.24. The zero-order valence-corrected chi connectivity index (χ0v) is 11.7. The quantitative estimate of drug-likeness (QED) is 0.885. The van der Waals surface area contributed by atoms with Crippen molar-refractivity contribution in [3.63, 3.8) is 0 Å². The molecule has 0 radical (unpaired) electrons. The molecule has 0 bridgehead atoms. The number of furan rings is 1. The zero-order valence-electron chi connectivity index (χ0n) is 8.58. The molecule has 0 spiro atoms. The lowest BCUT2D eigenvalue weighted by atomic mass is 10.1. The van der Waals surface area contributed by atoms with Crippen molar-refractivity contribution in [2.24, 2.45) is 0 Å². The first kappa shape index (κ1) is 11.9. The fourth-order valence-corrected chi connectivity index (χ4v) is 2.62. The van der Waals surface area contributed by atoms with E-state index in [-0.39, 0.29) is 0 Å². The third-order valence-corrected chi connectivity index (χ3v) is 3.69. The Labute approximate surface area is 111 Å². The van der Waals surface area contributed by atoms with Crippen molar-refractivity contribution in [2.75, 3.05) is 0 Å². The van der Waals surface area contributed by atoms with Crippen LogP contribution in [0.5, 0.6) is 0 Å². The Balaban J connectivity index is 2.41. The second kappa shape index (κ2) is 4.73. The largest absolute Gasteiger partial charge is 0.465 e. The Morgan fingerprint density at radius 3 is 2.50 bits per heavy atom. The molecule has 0 saturated carbocycles. The van der Waals surface area contributed by atoms with Gasteiger partial charge in [-0.25, -0.2) is 0 Å². The van der Waals surface area contributed by atoms with Gasteiger partial charge in [-0.1, -0.05) is 28.1 Å². The average molecular weight is 346 g/mol. The summed E-state index contributed by atoms with van der Waals surface area (Å²) in [5, 5.41) is 10.2. The SMILES string of the molecule is Cc1ccc(C(O)c2occc2Br)c(Br)c1. The molecule has 0 aliphatic carbocycles. The first-order valence-corrected chi connectivity index (χ1v) is 6.35. The lowest BCUT2D eigenvalue weighted by Crippen LogP contribution is -2.00. The second-order valence-corrected chi connectivity index (χ2v) is 5.27. The van der Waals surface area contributed by atoms with E-state index >= 15 is 0 Å². The van der Waals surface area contributed by atoms with Crippen LogP contribution >= 0.6 is 31.9 Å². The number of benzene rings is 1. The van der Waals surface area contributed by atoms with Gasteiger partial charge in [0.15, 0.2) is 5.76 Å². The van der Waals surface area contributed by atoms with Crippen LogP contribution in [0, 0.1) is 6.92 Å². The number of aliphatic hydroxyl groups excluding tert-OH is 1. The van der Waals surface area contributed by atoms with Gasteiger partial charge >= 0.3 is 0 Å². The molecule has 16 heavy (non-hydrogen) atoms. The average Bonchev–Trinajstić information content (AvgIpc) is 2.63. The predicted molar refractivity (Wildman–Crippen MR) is 69.3 cm³/mol. The van der Waals surface area contributed by atoms with Crippen molar-refractivity contribution in [1.29, 1.82) is 0 Å². The highest BCUT2D eigenvalue weighted by Gasteiger charge is 2.19. The number of hydrogen-bond donors (Lipinski definition) is 1.